The molecule has 1 aliphatic rings. The molecule has 1 saturated carbocycles. The molecular formula is C16H16N4. The number of para-hydroxylation sites is 1. The molecule has 0 radical (unpaired) electrons. The predicted molar refractivity (Wildman–Crippen MR) is 80.4 cm³/mol. The summed E-state index contributed by atoms with van der Waals surface area (Å²) in [5, 5.41) is 1.11. The lowest BCUT2D eigenvalue weighted by atomic mass is 10.1. The number of aromatic nitrogens is 3. The lowest BCUT2D eigenvalue weighted by Crippen LogP contribution is -2.02. The molecule has 1 aliphatic carbocycles. The van der Waals surface area contributed by atoms with Crippen molar-refractivity contribution in [2.45, 2.75) is 25.8 Å². The Labute approximate surface area is 117 Å². The summed E-state index contributed by atoms with van der Waals surface area (Å²) in [7, 11) is 0. The number of nitrogen functional groups attached to an aromatic ring is 1. The van der Waals surface area contributed by atoms with Crippen molar-refractivity contribution in [1.82, 2.24) is 14.5 Å². The van der Waals surface area contributed by atoms with Gasteiger partial charge in [0.2, 0.25) is 0 Å². The summed E-state index contributed by atoms with van der Waals surface area (Å²) in [5.41, 5.74) is 9.18. The van der Waals surface area contributed by atoms with Crippen molar-refractivity contribution < 1.29 is 0 Å². The number of aryl methyl sites for hydroxylation is 1. The summed E-state index contributed by atoms with van der Waals surface area (Å²) >= 11 is 0. The van der Waals surface area contributed by atoms with Gasteiger partial charge in [-0.05, 0) is 25.8 Å². The van der Waals surface area contributed by atoms with E-state index in [0.717, 1.165) is 33.8 Å². The number of hydrogen-bond donors (Lipinski definition) is 1. The largest absolute Gasteiger partial charge is 0.383 e. The molecule has 100 valence electrons. The SMILES string of the molecule is Cc1nc(-c2cccc3cccnc23)c(N)n1C1CC1. The van der Waals surface area contributed by atoms with E-state index in [-0.39, 0.29) is 0 Å². The summed E-state index contributed by atoms with van der Waals surface area (Å²) in [4.78, 5) is 9.18. The van der Waals surface area contributed by atoms with Crippen LogP contribution in [0.4, 0.5) is 5.82 Å². The Hall–Kier alpha value is -2.36. The van der Waals surface area contributed by atoms with Crippen molar-refractivity contribution in [1.29, 1.82) is 0 Å². The molecular weight excluding hydrogens is 248 g/mol. The van der Waals surface area contributed by atoms with Gasteiger partial charge in [-0.1, -0.05) is 24.3 Å². The first-order chi connectivity index (χ1) is 9.75. The van der Waals surface area contributed by atoms with Crippen LogP contribution in [-0.2, 0) is 0 Å². The Morgan fingerprint density at radius 2 is 2.00 bits per heavy atom. The van der Waals surface area contributed by atoms with E-state index in [4.69, 9.17) is 5.73 Å². The van der Waals surface area contributed by atoms with E-state index >= 15 is 0 Å². The molecule has 0 atom stereocenters. The number of fused-ring (bicyclic) bond motifs is 1. The summed E-state index contributed by atoms with van der Waals surface area (Å²) in [5.74, 6) is 1.76. The second-order valence-electron chi connectivity index (χ2n) is 5.37. The molecule has 4 nitrogen and oxygen atoms in total. The zero-order chi connectivity index (χ0) is 13.7. The topological polar surface area (TPSA) is 56.7 Å². The summed E-state index contributed by atoms with van der Waals surface area (Å²) in [6.45, 7) is 2.02. The summed E-state index contributed by atoms with van der Waals surface area (Å²) in [6.07, 6.45) is 4.22. The van der Waals surface area contributed by atoms with E-state index in [0.29, 0.717) is 6.04 Å². The molecule has 20 heavy (non-hydrogen) atoms. The van der Waals surface area contributed by atoms with Gasteiger partial charge in [0.05, 0.1) is 5.52 Å². The fourth-order valence-corrected chi connectivity index (χ4v) is 2.85. The van der Waals surface area contributed by atoms with Crippen LogP contribution in [-0.4, -0.2) is 14.5 Å². The van der Waals surface area contributed by atoms with E-state index in [1.807, 2.05) is 31.3 Å². The number of benzene rings is 1. The number of nitrogens with zero attached hydrogens (tertiary/aromatic N) is 3. The zero-order valence-electron chi connectivity index (χ0n) is 11.4. The van der Waals surface area contributed by atoms with Gasteiger partial charge in [-0.25, -0.2) is 4.98 Å². The Morgan fingerprint density at radius 1 is 1.20 bits per heavy atom. The average molecular weight is 264 g/mol. The maximum Gasteiger partial charge on any atom is 0.132 e. The number of rotatable bonds is 2. The fraction of sp³-hybridized carbons (Fsp3) is 0.250. The normalized spacial score (nSPS) is 14.8. The van der Waals surface area contributed by atoms with Gasteiger partial charge in [-0.15, -0.1) is 0 Å². The highest BCUT2D eigenvalue weighted by Gasteiger charge is 2.29. The van der Waals surface area contributed by atoms with Gasteiger partial charge in [-0.3, -0.25) is 4.98 Å². The van der Waals surface area contributed by atoms with Gasteiger partial charge in [0, 0.05) is 23.2 Å². The second kappa shape index (κ2) is 4.07. The third-order valence-electron chi connectivity index (χ3n) is 3.92. The smallest absolute Gasteiger partial charge is 0.132 e. The standard InChI is InChI=1S/C16H16N4/c1-10-19-15(16(17)20(10)12-7-8-12)13-6-2-4-11-5-3-9-18-14(11)13/h2-6,9,12H,7-8,17H2,1H3. The van der Waals surface area contributed by atoms with Crippen molar-refractivity contribution in [3.05, 3.63) is 42.4 Å². The van der Waals surface area contributed by atoms with Crippen molar-refractivity contribution in [3.63, 3.8) is 0 Å². The molecule has 0 amide bonds. The molecule has 2 heterocycles. The third kappa shape index (κ3) is 1.61. The van der Waals surface area contributed by atoms with Gasteiger partial charge in [0.15, 0.2) is 0 Å². The average Bonchev–Trinajstić information content (AvgIpc) is 3.25. The minimum atomic E-state index is 0.541. The van der Waals surface area contributed by atoms with Crippen LogP contribution in [0.5, 0.6) is 0 Å². The highest BCUT2D eigenvalue weighted by molar-refractivity contribution is 5.94. The van der Waals surface area contributed by atoms with Crippen LogP contribution >= 0.6 is 0 Å². The van der Waals surface area contributed by atoms with E-state index in [1.54, 1.807) is 0 Å². The van der Waals surface area contributed by atoms with Crippen LogP contribution in [0.1, 0.15) is 24.7 Å². The summed E-state index contributed by atoms with van der Waals surface area (Å²) < 4.78 is 2.16. The molecule has 0 spiro atoms. The molecule has 1 fully saturated rings. The van der Waals surface area contributed by atoms with Crippen molar-refractivity contribution in [3.8, 4) is 11.3 Å². The van der Waals surface area contributed by atoms with E-state index in [9.17, 15) is 0 Å². The van der Waals surface area contributed by atoms with Gasteiger partial charge < -0.3 is 10.3 Å². The number of imidazole rings is 1. The van der Waals surface area contributed by atoms with E-state index in [2.05, 4.69) is 26.7 Å². The van der Waals surface area contributed by atoms with E-state index < -0.39 is 0 Å². The van der Waals surface area contributed by atoms with Crippen LogP contribution in [0.25, 0.3) is 22.2 Å². The van der Waals surface area contributed by atoms with Crippen LogP contribution < -0.4 is 5.73 Å². The molecule has 3 aromatic rings. The maximum absolute atomic E-state index is 6.34. The molecule has 0 unspecified atom stereocenters. The highest BCUT2D eigenvalue weighted by Crippen LogP contribution is 2.41. The molecule has 4 rings (SSSR count). The number of pyridine rings is 1. The second-order valence-corrected chi connectivity index (χ2v) is 5.37. The Kier molecular flexibility index (Phi) is 2.33. The lowest BCUT2D eigenvalue weighted by Gasteiger charge is -2.06. The van der Waals surface area contributed by atoms with Crippen LogP contribution in [0.3, 0.4) is 0 Å². The van der Waals surface area contributed by atoms with Crippen LogP contribution in [0.15, 0.2) is 36.5 Å². The first kappa shape index (κ1) is 11.5. The van der Waals surface area contributed by atoms with Gasteiger partial charge >= 0.3 is 0 Å². The van der Waals surface area contributed by atoms with Crippen molar-refractivity contribution >= 4 is 16.7 Å². The van der Waals surface area contributed by atoms with Gasteiger partial charge in [0.25, 0.3) is 0 Å². The number of anilines is 1. The third-order valence-corrected chi connectivity index (χ3v) is 3.92. The molecule has 4 heteroatoms. The lowest BCUT2D eigenvalue weighted by molar-refractivity contribution is 0.720. The fourth-order valence-electron chi connectivity index (χ4n) is 2.85. The molecule has 0 saturated heterocycles. The Balaban J connectivity index is 1.98. The van der Waals surface area contributed by atoms with Crippen molar-refractivity contribution in [2.24, 2.45) is 0 Å². The number of hydrogen-bond acceptors (Lipinski definition) is 3. The summed E-state index contributed by atoms with van der Waals surface area (Å²) in [6, 6.07) is 10.7. The van der Waals surface area contributed by atoms with E-state index in [1.165, 1.54) is 12.8 Å². The molecule has 0 bridgehead atoms. The molecule has 2 N–H and O–H groups in total. The molecule has 1 aromatic carbocycles. The zero-order valence-corrected chi connectivity index (χ0v) is 11.4. The Bertz CT molecular complexity index is 794. The van der Waals surface area contributed by atoms with Gasteiger partial charge in [0.1, 0.15) is 17.3 Å². The maximum atomic E-state index is 6.34. The predicted octanol–water partition coefficient (Wildman–Crippen LogP) is 3.32. The molecule has 0 aliphatic heterocycles. The highest BCUT2D eigenvalue weighted by atomic mass is 15.2. The first-order valence-electron chi connectivity index (χ1n) is 6.94. The van der Waals surface area contributed by atoms with Crippen molar-refractivity contribution in [2.75, 3.05) is 5.73 Å². The Morgan fingerprint density at radius 3 is 2.80 bits per heavy atom. The van der Waals surface area contributed by atoms with Crippen LogP contribution in [0, 0.1) is 6.92 Å². The first-order valence-corrected chi connectivity index (χ1v) is 6.94. The minimum absolute atomic E-state index is 0.541. The van der Waals surface area contributed by atoms with Crippen LogP contribution in [0.2, 0.25) is 0 Å². The monoisotopic (exact) mass is 264 g/mol. The minimum Gasteiger partial charge on any atom is -0.383 e. The van der Waals surface area contributed by atoms with Gasteiger partial charge in [-0.2, -0.15) is 0 Å². The number of nitrogens with two attached hydrogens (primary N) is 1. The quantitative estimate of drug-likeness (QED) is 0.772. The molecule has 2 aromatic heterocycles.